The molecule has 0 aliphatic carbocycles. The quantitative estimate of drug-likeness (QED) is 0.803. The van der Waals surface area contributed by atoms with Gasteiger partial charge in [-0.2, -0.15) is 0 Å². The van der Waals surface area contributed by atoms with Crippen molar-refractivity contribution in [2.45, 2.75) is 38.8 Å². The van der Waals surface area contributed by atoms with E-state index in [-0.39, 0.29) is 24.0 Å². The number of halogens is 1. The summed E-state index contributed by atoms with van der Waals surface area (Å²) in [6, 6.07) is 7.76. The van der Waals surface area contributed by atoms with E-state index in [1.807, 2.05) is 29.2 Å². The number of hydrogen-bond acceptors (Lipinski definition) is 2. The Hall–Kier alpha value is -1.14. The fraction of sp³-hybridized carbons (Fsp3) is 0.467. The average molecular weight is 370 g/mol. The zero-order valence-corrected chi connectivity index (χ0v) is 14.8. The molecule has 21 heavy (non-hydrogen) atoms. The summed E-state index contributed by atoms with van der Waals surface area (Å²) in [4.78, 5) is 14.1. The number of carbonyl (C=O) groups excluding carboxylic acids is 1. The van der Waals surface area contributed by atoms with Crippen molar-refractivity contribution in [3.63, 3.8) is 0 Å². The summed E-state index contributed by atoms with van der Waals surface area (Å²) in [5, 5.41) is 6.82. The molecule has 1 aromatic carbocycles. The van der Waals surface area contributed by atoms with Crippen molar-refractivity contribution < 1.29 is 4.79 Å². The van der Waals surface area contributed by atoms with Crippen LogP contribution in [0.15, 0.2) is 28.7 Å². The zero-order chi connectivity index (χ0) is 15.6. The molecule has 1 aliphatic heterocycles. The number of rotatable bonds is 3. The smallest absolute Gasteiger partial charge is 0.243 e. The fourth-order valence-corrected chi connectivity index (χ4v) is 3.36. The predicted octanol–water partition coefficient (Wildman–Crippen LogP) is 3.13. The van der Waals surface area contributed by atoms with Gasteiger partial charge >= 0.3 is 0 Å². The van der Waals surface area contributed by atoms with E-state index in [0.717, 1.165) is 16.6 Å². The van der Waals surface area contributed by atoms with Crippen LogP contribution in [0.3, 0.4) is 0 Å². The molecule has 0 radical (unpaired) electrons. The lowest BCUT2D eigenvalue weighted by atomic mass is 9.93. The molecule has 1 atom stereocenters. The van der Waals surface area contributed by atoms with E-state index in [2.05, 4.69) is 47.3 Å². The van der Waals surface area contributed by atoms with Crippen molar-refractivity contribution in [2.75, 3.05) is 11.9 Å². The van der Waals surface area contributed by atoms with E-state index in [9.17, 15) is 4.79 Å². The molecule has 114 valence electrons. The first-order valence-corrected chi connectivity index (χ1v) is 8.11. The van der Waals surface area contributed by atoms with Gasteiger partial charge in [-0.25, -0.2) is 0 Å². The van der Waals surface area contributed by atoms with Crippen molar-refractivity contribution in [2.24, 2.45) is 0 Å². The van der Waals surface area contributed by atoms with Crippen molar-refractivity contribution in [1.29, 1.82) is 0 Å². The number of hydrogen-bond donors (Lipinski definition) is 2. The van der Waals surface area contributed by atoms with Crippen LogP contribution < -0.4 is 10.6 Å². The summed E-state index contributed by atoms with van der Waals surface area (Å²) >= 11 is 8.75. The Morgan fingerprint density at radius 2 is 2.10 bits per heavy atom. The fourth-order valence-electron chi connectivity index (χ4n) is 2.58. The van der Waals surface area contributed by atoms with Gasteiger partial charge in [0.15, 0.2) is 5.11 Å². The Balaban J connectivity index is 1.96. The van der Waals surface area contributed by atoms with E-state index in [0.29, 0.717) is 5.11 Å². The van der Waals surface area contributed by atoms with Gasteiger partial charge in [0.25, 0.3) is 0 Å². The van der Waals surface area contributed by atoms with Crippen LogP contribution in [0.25, 0.3) is 0 Å². The Bertz CT molecular complexity index is 544. The van der Waals surface area contributed by atoms with Gasteiger partial charge in [0.1, 0.15) is 0 Å². The number of carbonyl (C=O) groups is 1. The minimum Gasteiger partial charge on any atom is -0.358 e. The number of thiocarbonyl (C=S) groups is 1. The SMILES string of the molecule is C[C@@H]1CC(C)(C)NC(=S)N1CC(=O)Nc1ccc(Br)cc1. The molecule has 0 aromatic heterocycles. The Kier molecular flexibility index (Phi) is 4.88. The Morgan fingerprint density at radius 1 is 1.48 bits per heavy atom. The summed E-state index contributed by atoms with van der Waals surface area (Å²) in [5.74, 6) is -0.0620. The maximum Gasteiger partial charge on any atom is 0.243 e. The minimum absolute atomic E-state index is 0.0187. The van der Waals surface area contributed by atoms with Crippen molar-refractivity contribution in [3.8, 4) is 0 Å². The van der Waals surface area contributed by atoms with Crippen LogP contribution in [0.5, 0.6) is 0 Å². The summed E-state index contributed by atoms with van der Waals surface area (Å²) in [5.41, 5.74) is 0.766. The maximum absolute atomic E-state index is 12.2. The molecule has 1 saturated heterocycles. The average Bonchev–Trinajstić information content (AvgIpc) is 2.36. The molecular weight excluding hydrogens is 350 g/mol. The van der Waals surface area contributed by atoms with Gasteiger partial charge in [0, 0.05) is 21.7 Å². The van der Waals surface area contributed by atoms with Gasteiger partial charge in [0.2, 0.25) is 5.91 Å². The lowest BCUT2D eigenvalue weighted by Crippen LogP contribution is -2.61. The highest BCUT2D eigenvalue weighted by Gasteiger charge is 2.33. The van der Waals surface area contributed by atoms with Crippen LogP contribution >= 0.6 is 28.1 Å². The minimum atomic E-state index is -0.0620. The first-order chi connectivity index (χ1) is 9.77. The molecule has 2 rings (SSSR count). The van der Waals surface area contributed by atoms with Gasteiger partial charge in [0.05, 0.1) is 6.54 Å². The molecule has 1 fully saturated rings. The molecule has 1 amide bonds. The summed E-state index contributed by atoms with van der Waals surface area (Å²) in [7, 11) is 0. The molecule has 0 spiro atoms. The summed E-state index contributed by atoms with van der Waals surface area (Å²) in [6.45, 7) is 6.60. The number of nitrogens with one attached hydrogen (secondary N) is 2. The van der Waals surface area contributed by atoms with E-state index in [4.69, 9.17) is 12.2 Å². The van der Waals surface area contributed by atoms with Crippen molar-refractivity contribution in [1.82, 2.24) is 10.2 Å². The van der Waals surface area contributed by atoms with Crippen LogP contribution in [0, 0.1) is 0 Å². The highest BCUT2D eigenvalue weighted by molar-refractivity contribution is 9.10. The summed E-state index contributed by atoms with van der Waals surface area (Å²) < 4.78 is 0.984. The second-order valence-electron chi connectivity index (χ2n) is 6.05. The topological polar surface area (TPSA) is 44.4 Å². The lowest BCUT2D eigenvalue weighted by Gasteiger charge is -2.44. The molecule has 4 nitrogen and oxygen atoms in total. The maximum atomic E-state index is 12.2. The van der Waals surface area contributed by atoms with E-state index < -0.39 is 0 Å². The highest BCUT2D eigenvalue weighted by atomic mass is 79.9. The van der Waals surface area contributed by atoms with Gasteiger partial charge in [-0.15, -0.1) is 0 Å². The van der Waals surface area contributed by atoms with Gasteiger partial charge in [-0.05, 0) is 63.7 Å². The number of nitrogens with zero attached hydrogens (tertiary/aromatic N) is 1. The predicted molar refractivity (Wildman–Crippen MR) is 93.4 cm³/mol. The second-order valence-corrected chi connectivity index (χ2v) is 7.35. The second kappa shape index (κ2) is 6.32. The summed E-state index contributed by atoms with van der Waals surface area (Å²) in [6.07, 6.45) is 0.943. The number of amides is 1. The van der Waals surface area contributed by atoms with Crippen LogP contribution in [0.1, 0.15) is 27.2 Å². The van der Waals surface area contributed by atoms with Crippen LogP contribution in [-0.4, -0.2) is 34.0 Å². The van der Waals surface area contributed by atoms with Crippen LogP contribution in [0.2, 0.25) is 0 Å². The Morgan fingerprint density at radius 3 is 2.67 bits per heavy atom. The van der Waals surface area contributed by atoms with Gasteiger partial charge in [-0.1, -0.05) is 15.9 Å². The van der Waals surface area contributed by atoms with Gasteiger partial charge < -0.3 is 15.5 Å². The normalized spacial score (nSPS) is 20.9. The Labute approximate surface area is 139 Å². The van der Waals surface area contributed by atoms with E-state index >= 15 is 0 Å². The van der Waals surface area contributed by atoms with E-state index in [1.165, 1.54) is 0 Å². The third-order valence-electron chi connectivity index (χ3n) is 3.49. The molecular formula is C15H20BrN3OS. The number of benzene rings is 1. The standard InChI is InChI=1S/C15H20BrN3OS/c1-10-8-15(2,3)18-14(21)19(10)9-13(20)17-12-6-4-11(16)5-7-12/h4-7,10H,8-9H2,1-3H3,(H,17,20)(H,18,21)/t10-/m1/s1. The van der Waals surface area contributed by atoms with Crippen LogP contribution in [0.4, 0.5) is 5.69 Å². The van der Waals surface area contributed by atoms with Gasteiger partial charge in [-0.3, -0.25) is 4.79 Å². The van der Waals surface area contributed by atoms with Crippen molar-refractivity contribution in [3.05, 3.63) is 28.7 Å². The molecule has 0 saturated carbocycles. The van der Waals surface area contributed by atoms with Crippen molar-refractivity contribution >= 4 is 44.9 Å². The lowest BCUT2D eigenvalue weighted by molar-refractivity contribution is -0.117. The molecule has 0 unspecified atom stereocenters. The highest BCUT2D eigenvalue weighted by Crippen LogP contribution is 2.22. The molecule has 1 aliphatic rings. The molecule has 2 N–H and O–H groups in total. The largest absolute Gasteiger partial charge is 0.358 e. The third kappa shape index (κ3) is 4.41. The molecule has 1 aromatic rings. The molecule has 6 heteroatoms. The van der Waals surface area contributed by atoms with E-state index in [1.54, 1.807) is 0 Å². The van der Waals surface area contributed by atoms with Crippen LogP contribution in [-0.2, 0) is 4.79 Å². The molecule has 0 bridgehead atoms. The molecule has 1 heterocycles. The zero-order valence-electron chi connectivity index (χ0n) is 12.4. The monoisotopic (exact) mass is 369 g/mol. The first kappa shape index (κ1) is 16.2. The number of anilines is 1. The first-order valence-electron chi connectivity index (χ1n) is 6.91. The third-order valence-corrected chi connectivity index (χ3v) is 4.35.